The Labute approximate surface area is 253 Å². The lowest BCUT2D eigenvalue weighted by Gasteiger charge is -2.53. The third-order valence-corrected chi connectivity index (χ3v) is 9.18. The fourth-order valence-electron chi connectivity index (χ4n) is 6.68. The Morgan fingerprint density at radius 3 is 2.58 bits per heavy atom. The molecule has 8 nitrogen and oxygen atoms in total. The number of carbonyl (C=O) groups excluding carboxylic acids is 1. The molecule has 12 heteroatoms. The van der Waals surface area contributed by atoms with Crippen LogP contribution in [-0.4, -0.2) is 89.3 Å². The molecule has 5 heterocycles. The first kappa shape index (κ1) is 29.7. The quantitative estimate of drug-likeness (QED) is 0.406. The van der Waals surface area contributed by atoms with Gasteiger partial charge in [0.15, 0.2) is 0 Å². The lowest BCUT2D eigenvalue weighted by molar-refractivity contribution is -0.137. The van der Waals surface area contributed by atoms with Crippen LogP contribution in [0.2, 0.25) is 5.02 Å². The highest BCUT2D eigenvalue weighted by molar-refractivity contribution is 6.31. The maximum absolute atomic E-state index is 14.0. The van der Waals surface area contributed by atoms with Gasteiger partial charge in [0.1, 0.15) is 5.69 Å². The first-order chi connectivity index (χ1) is 20.6. The Kier molecular flexibility index (Phi) is 7.99. The van der Waals surface area contributed by atoms with Crippen molar-refractivity contribution in [2.24, 2.45) is 0 Å². The third-order valence-electron chi connectivity index (χ3n) is 8.86. The number of ether oxygens (including phenoxy) is 1. The summed E-state index contributed by atoms with van der Waals surface area (Å²) in [6.45, 7) is 5.38. The molecule has 0 radical (unpaired) electrons. The summed E-state index contributed by atoms with van der Waals surface area (Å²) in [7, 11) is 0. The molecule has 2 saturated heterocycles. The Morgan fingerprint density at radius 2 is 1.88 bits per heavy atom. The zero-order valence-electron chi connectivity index (χ0n) is 23.8. The summed E-state index contributed by atoms with van der Waals surface area (Å²) >= 11 is 6.03. The van der Waals surface area contributed by atoms with Crippen LogP contribution in [-0.2, 0) is 11.6 Å². The number of β-amino-alcohol motifs (C(OH)–C–C–N with tert-alkyl or cyclic N) is 1. The molecule has 1 amide bonds. The minimum absolute atomic E-state index is 0.0327. The number of nitrogens with zero attached hydrogens (tertiary/aromatic N) is 5. The number of fused-ring (bicyclic) bond motifs is 2. The summed E-state index contributed by atoms with van der Waals surface area (Å²) in [5.41, 5.74) is 1.22. The number of anilines is 1. The van der Waals surface area contributed by atoms with Crippen molar-refractivity contribution in [3.05, 3.63) is 70.5 Å². The minimum atomic E-state index is -4.58. The van der Waals surface area contributed by atoms with Gasteiger partial charge >= 0.3 is 6.18 Å². The molecule has 0 unspecified atom stereocenters. The predicted octanol–water partition coefficient (Wildman–Crippen LogP) is 4.89. The van der Waals surface area contributed by atoms with E-state index in [1.54, 1.807) is 23.2 Å². The predicted molar refractivity (Wildman–Crippen MR) is 157 cm³/mol. The summed E-state index contributed by atoms with van der Waals surface area (Å²) in [5.74, 6) is 0.274. The number of carbonyl (C=O) groups is 1. The normalized spacial score (nSPS) is 19.0. The SMILES string of the molecule is CCOc1ncccc1-c1ccc2c(n1)C(=O)N(C1CN(CCO)C1)CC21CCN(c2cccc(Cl)c2C(F)(F)F)CC1. The Hall–Kier alpha value is -3.41. The van der Waals surface area contributed by atoms with Gasteiger partial charge in [-0.1, -0.05) is 23.7 Å². The molecule has 2 aromatic heterocycles. The summed E-state index contributed by atoms with van der Waals surface area (Å²) in [6.07, 6.45) is -1.86. The van der Waals surface area contributed by atoms with E-state index in [-0.39, 0.29) is 29.3 Å². The fourth-order valence-corrected chi connectivity index (χ4v) is 6.95. The van der Waals surface area contributed by atoms with E-state index >= 15 is 0 Å². The van der Waals surface area contributed by atoms with E-state index in [0.29, 0.717) is 81.5 Å². The van der Waals surface area contributed by atoms with Crippen LogP contribution in [0, 0.1) is 0 Å². The number of likely N-dealkylation sites (tertiary alicyclic amines) is 1. The number of aliphatic hydroxyl groups excluding tert-OH is 1. The van der Waals surface area contributed by atoms with Crippen LogP contribution in [0.1, 0.15) is 41.4 Å². The van der Waals surface area contributed by atoms with Crippen LogP contribution in [0.15, 0.2) is 48.7 Å². The largest absolute Gasteiger partial charge is 0.477 e. The van der Waals surface area contributed by atoms with Crippen LogP contribution in [0.25, 0.3) is 11.3 Å². The number of amides is 1. The van der Waals surface area contributed by atoms with E-state index in [0.717, 1.165) is 5.56 Å². The second kappa shape index (κ2) is 11.6. The number of benzene rings is 1. The molecule has 1 spiro atoms. The standard InChI is InChI=1S/C31H33ClF3N5O3/c1-2-43-28-21(5-4-12-36-28)24-9-8-22-27(37-24)29(42)40(20-17-38(18-20)15-16-41)19-30(22)10-13-39(14-11-30)25-7-3-6-23(32)26(25)31(33,34)35/h3-9,12,20,41H,2,10-11,13-19H2,1H3. The monoisotopic (exact) mass is 615 g/mol. The molecular weight excluding hydrogens is 583 g/mol. The van der Waals surface area contributed by atoms with Crippen molar-refractivity contribution < 1.29 is 27.8 Å². The van der Waals surface area contributed by atoms with Gasteiger partial charge in [-0.05, 0) is 55.7 Å². The van der Waals surface area contributed by atoms with Crippen molar-refractivity contribution in [2.75, 3.05) is 57.4 Å². The Balaban J connectivity index is 1.36. The van der Waals surface area contributed by atoms with Crippen molar-refractivity contribution in [2.45, 2.75) is 37.4 Å². The molecule has 1 aromatic carbocycles. The molecule has 3 aliphatic rings. The molecule has 1 N–H and O–H groups in total. The zero-order chi connectivity index (χ0) is 30.4. The lowest BCUT2D eigenvalue weighted by Crippen LogP contribution is -2.66. The zero-order valence-corrected chi connectivity index (χ0v) is 24.5. The van der Waals surface area contributed by atoms with Crippen molar-refractivity contribution in [1.82, 2.24) is 19.8 Å². The van der Waals surface area contributed by atoms with Gasteiger partial charge in [-0.2, -0.15) is 13.2 Å². The van der Waals surface area contributed by atoms with Crippen LogP contribution >= 0.6 is 11.6 Å². The molecule has 6 rings (SSSR count). The Morgan fingerprint density at radius 1 is 1.12 bits per heavy atom. The van der Waals surface area contributed by atoms with Crippen LogP contribution in [0.5, 0.6) is 5.88 Å². The first-order valence-corrected chi connectivity index (χ1v) is 14.9. The van der Waals surface area contributed by atoms with Gasteiger partial charge in [0.25, 0.3) is 5.91 Å². The van der Waals surface area contributed by atoms with Crippen molar-refractivity contribution >= 4 is 23.2 Å². The molecule has 0 bridgehead atoms. The number of aliphatic hydroxyl groups is 1. The van der Waals surface area contributed by atoms with Crippen LogP contribution in [0.4, 0.5) is 18.9 Å². The van der Waals surface area contributed by atoms with Crippen molar-refractivity contribution in [3.63, 3.8) is 0 Å². The molecule has 0 saturated carbocycles. The molecule has 0 aliphatic carbocycles. The molecule has 3 aliphatic heterocycles. The van der Waals surface area contributed by atoms with E-state index in [2.05, 4.69) is 9.88 Å². The molecule has 0 atom stereocenters. The highest BCUT2D eigenvalue weighted by Crippen LogP contribution is 2.47. The van der Waals surface area contributed by atoms with Crippen LogP contribution < -0.4 is 9.64 Å². The smallest absolute Gasteiger partial charge is 0.419 e. The molecule has 3 aromatic rings. The van der Waals surface area contributed by atoms with Crippen molar-refractivity contribution in [3.8, 4) is 17.1 Å². The number of alkyl halides is 3. The number of hydrogen-bond acceptors (Lipinski definition) is 7. The topological polar surface area (TPSA) is 82.0 Å². The van der Waals surface area contributed by atoms with E-state index < -0.39 is 17.2 Å². The third kappa shape index (κ3) is 5.42. The molecular formula is C31H33ClF3N5O3. The molecule has 43 heavy (non-hydrogen) atoms. The second-order valence-corrected chi connectivity index (χ2v) is 11.8. The number of halogens is 4. The number of aromatic nitrogens is 2. The van der Waals surface area contributed by atoms with Gasteiger partial charge < -0.3 is 19.6 Å². The van der Waals surface area contributed by atoms with E-state index in [1.807, 2.05) is 30.0 Å². The summed E-state index contributed by atoms with van der Waals surface area (Å²) in [5, 5.41) is 9.03. The van der Waals surface area contributed by atoms with E-state index in [1.165, 1.54) is 12.1 Å². The van der Waals surface area contributed by atoms with Crippen LogP contribution in [0.3, 0.4) is 0 Å². The summed E-state index contributed by atoms with van der Waals surface area (Å²) in [4.78, 5) is 29.0. The number of rotatable bonds is 7. The van der Waals surface area contributed by atoms with E-state index in [4.69, 9.17) is 21.3 Å². The maximum atomic E-state index is 14.0. The molecule has 2 fully saturated rings. The number of pyridine rings is 2. The first-order valence-electron chi connectivity index (χ1n) is 14.5. The van der Waals surface area contributed by atoms with Crippen molar-refractivity contribution in [1.29, 1.82) is 0 Å². The van der Waals surface area contributed by atoms with Gasteiger partial charge in [0.05, 0.1) is 46.8 Å². The number of piperidine rings is 1. The van der Waals surface area contributed by atoms with Gasteiger partial charge in [-0.3, -0.25) is 9.69 Å². The minimum Gasteiger partial charge on any atom is -0.477 e. The summed E-state index contributed by atoms with van der Waals surface area (Å²) in [6, 6.07) is 11.7. The maximum Gasteiger partial charge on any atom is 0.419 e. The highest BCUT2D eigenvalue weighted by atomic mass is 35.5. The van der Waals surface area contributed by atoms with Gasteiger partial charge in [0, 0.05) is 50.9 Å². The average molecular weight is 616 g/mol. The fraction of sp³-hybridized carbons (Fsp3) is 0.452. The average Bonchev–Trinajstić information content (AvgIpc) is 2.97. The van der Waals surface area contributed by atoms with Gasteiger partial charge in [0.2, 0.25) is 5.88 Å². The second-order valence-electron chi connectivity index (χ2n) is 11.4. The number of hydrogen-bond donors (Lipinski definition) is 1. The molecule has 228 valence electrons. The Bertz CT molecular complexity index is 1510. The summed E-state index contributed by atoms with van der Waals surface area (Å²) < 4.78 is 47.7. The van der Waals surface area contributed by atoms with Gasteiger partial charge in [-0.15, -0.1) is 0 Å². The van der Waals surface area contributed by atoms with E-state index in [9.17, 15) is 23.1 Å². The van der Waals surface area contributed by atoms with Gasteiger partial charge in [-0.25, -0.2) is 9.97 Å². The highest BCUT2D eigenvalue weighted by Gasteiger charge is 2.50. The lowest BCUT2D eigenvalue weighted by atomic mass is 9.69.